The molecule has 1 atom stereocenters. The molecule has 0 heterocycles. The summed E-state index contributed by atoms with van der Waals surface area (Å²) in [6, 6.07) is 3.10. The quantitative estimate of drug-likeness (QED) is 0.871. The zero-order chi connectivity index (χ0) is 14.5. The van der Waals surface area contributed by atoms with E-state index in [2.05, 4.69) is 5.32 Å². The standard InChI is InChI=1S/C15H19F2NO2/c16-12-7-6-11(9-13(12)17)18-15(20)14(19)8-5-10-3-1-2-4-10/h6-7,9-10,14,19H,1-5,8H2,(H,18,20). The molecule has 3 nitrogen and oxygen atoms in total. The van der Waals surface area contributed by atoms with E-state index in [1.54, 1.807) is 0 Å². The molecule has 1 aliphatic rings. The minimum Gasteiger partial charge on any atom is -0.383 e. The van der Waals surface area contributed by atoms with Gasteiger partial charge in [0, 0.05) is 11.8 Å². The van der Waals surface area contributed by atoms with Crippen molar-refractivity contribution in [3.05, 3.63) is 29.8 Å². The first-order chi connectivity index (χ1) is 9.56. The van der Waals surface area contributed by atoms with E-state index >= 15 is 0 Å². The maximum Gasteiger partial charge on any atom is 0.253 e. The molecule has 1 fully saturated rings. The van der Waals surface area contributed by atoms with Gasteiger partial charge in [0.1, 0.15) is 6.10 Å². The van der Waals surface area contributed by atoms with Crippen LogP contribution in [-0.2, 0) is 4.79 Å². The largest absolute Gasteiger partial charge is 0.383 e. The zero-order valence-corrected chi connectivity index (χ0v) is 11.2. The van der Waals surface area contributed by atoms with Gasteiger partial charge in [-0.1, -0.05) is 25.7 Å². The molecule has 1 aromatic carbocycles. The third-order valence-corrected chi connectivity index (χ3v) is 3.81. The van der Waals surface area contributed by atoms with E-state index in [1.807, 2.05) is 0 Å². The fourth-order valence-electron chi connectivity index (χ4n) is 2.62. The summed E-state index contributed by atoms with van der Waals surface area (Å²) in [4.78, 5) is 11.7. The monoisotopic (exact) mass is 283 g/mol. The van der Waals surface area contributed by atoms with Crippen molar-refractivity contribution in [2.75, 3.05) is 5.32 Å². The van der Waals surface area contributed by atoms with Gasteiger partial charge >= 0.3 is 0 Å². The van der Waals surface area contributed by atoms with Crippen molar-refractivity contribution >= 4 is 11.6 Å². The van der Waals surface area contributed by atoms with Crippen LogP contribution in [0.3, 0.4) is 0 Å². The summed E-state index contributed by atoms with van der Waals surface area (Å²) in [7, 11) is 0. The lowest BCUT2D eigenvalue weighted by molar-refractivity contribution is -0.124. The molecule has 0 aliphatic heterocycles. The van der Waals surface area contributed by atoms with Crippen molar-refractivity contribution in [3.8, 4) is 0 Å². The summed E-state index contributed by atoms with van der Waals surface area (Å²) in [5, 5.41) is 12.2. The van der Waals surface area contributed by atoms with Crippen molar-refractivity contribution in [3.63, 3.8) is 0 Å². The van der Waals surface area contributed by atoms with E-state index in [0.29, 0.717) is 12.3 Å². The first kappa shape index (κ1) is 14.9. The second-order valence-electron chi connectivity index (χ2n) is 5.36. The van der Waals surface area contributed by atoms with Crippen molar-refractivity contribution < 1.29 is 18.7 Å². The number of halogens is 2. The lowest BCUT2D eigenvalue weighted by Gasteiger charge is -2.14. The first-order valence-electron chi connectivity index (χ1n) is 7.00. The minimum absolute atomic E-state index is 0.147. The lowest BCUT2D eigenvalue weighted by Crippen LogP contribution is -2.28. The smallest absolute Gasteiger partial charge is 0.253 e. The van der Waals surface area contributed by atoms with Crippen LogP contribution in [0.25, 0.3) is 0 Å². The Balaban J connectivity index is 1.81. The van der Waals surface area contributed by atoms with Gasteiger partial charge in [0.05, 0.1) is 0 Å². The normalized spacial score (nSPS) is 17.1. The van der Waals surface area contributed by atoms with E-state index in [0.717, 1.165) is 31.4 Å². The van der Waals surface area contributed by atoms with E-state index < -0.39 is 23.6 Å². The van der Waals surface area contributed by atoms with Crippen molar-refractivity contribution in [2.45, 2.75) is 44.6 Å². The molecule has 110 valence electrons. The SMILES string of the molecule is O=C(Nc1ccc(F)c(F)c1)C(O)CCC1CCCC1. The fraction of sp³-hybridized carbons (Fsp3) is 0.533. The van der Waals surface area contributed by atoms with Crippen LogP contribution in [0.2, 0.25) is 0 Å². The van der Waals surface area contributed by atoms with Crippen LogP contribution < -0.4 is 5.32 Å². The number of amides is 1. The van der Waals surface area contributed by atoms with Gasteiger partial charge in [-0.2, -0.15) is 0 Å². The van der Waals surface area contributed by atoms with Gasteiger partial charge in [0.2, 0.25) is 0 Å². The summed E-state index contributed by atoms with van der Waals surface area (Å²) in [5.74, 6) is -1.97. The first-order valence-corrected chi connectivity index (χ1v) is 7.00. The highest BCUT2D eigenvalue weighted by molar-refractivity contribution is 5.93. The van der Waals surface area contributed by atoms with Crippen molar-refractivity contribution in [2.24, 2.45) is 5.92 Å². The van der Waals surface area contributed by atoms with E-state index in [9.17, 15) is 18.7 Å². The molecule has 0 bridgehead atoms. The fourth-order valence-corrected chi connectivity index (χ4v) is 2.62. The Morgan fingerprint density at radius 1 is 1.30 bits per heavy atom. The lowest BCUT2D eigenvalue weighted by atomic mass is 9.99. The van der Waals surface area contributed by atoms with Crippen LogP contribution in [0.15, 0.2) is 18.2 Å². The molecule has 1 amide bonds. The van der Waals surface area contributed by atoms with Gasteiger partial charge in [-0.3, -0.25) is 4.79 Å². The number of hydrogen-bond donors (Lipinski definition) is 2. The molecule has 1 unspecified atom stereocenters. The van der Waals surface area contributed by atoms with E-state index in [1.165, 1.54) is 18.9 Å². The zero-order valence-electron chi connectivity index (χ0n) is 11.2. The molecule has 0 saturated heterocycles. The molecule has 2 N–H and O–H groups in total. The predicted molar refractivity (Wildman–Crippen MR) is 72.2 cm³/mol. The maximum absolute atomic E-state index is 13.0. The number of aliphatic hydroxyl groups excluding tert-OH is 1. The Kier molecular flexibility index (Phi) is 5.06. The van der Waals surface area contributed by atoms with Gasteiger partial charge in [-0.05, 0) is 30.9 Å². The van der Waals surface area contributed by atoms with Gasteiger partial charge < -0.3 is 10.4 Å². The summed E-state index contributed by atoms with van der Waals surface area (Å²) in [6.45, 7) is 0. The van der Waals surface area contributed by atoms with Crippen molar-refractivity contribution in [1.82, 2.24) is 0 Å². The van der Waals surface area contributed by atoms with Crippen LogP contribution in [0.4, 0.5) is 14.5 Å². The number of rotatable bonds is 5. The number of carbonyl (C=O) groups is 1. The van der Waals surface area contributed by atoms with Crippen LogP contribution in [0.1, 0.15) is 38.5 Å². The van der Waals surface area contributed by atoms with Crippen LogP contribution >= 0.6 is 0 Å². The van der Waals surface area contributed by atoms with E-state index in [4.69, 9.17) is 0 Å². The van der Waals surface area contributed by atoms with E-state index in [-0.39, 0.29) is 5.69 Å². The molecule has 0 radical (unpaired) electrons. The van der Waals surface area contributed by atoms with Crippen LogP contribution in [-0.4, -0.2) is 17.1 Å². The third-order valence-electron chi connectivity index (χ3n) is 3.81. The van der Waals surface area contributed by atoms with Gasteiger partial charge in [0.25, 0.3) is 5.91 Å². The number of nitrogens with one attached hydrogen (secondary N) is 1. The Morgan fingerprint density at radius 2 is 2.00 bits per heavy atom. The summed E-state index contributed by atoms with van der Waals surface area (Å²) in [6.07, 6.45) is 4.90. The number of aliphatic hydroxyl groups is 1. The molecule has 5 heteroatoms. The van der Waals surface area contributed by atoms with Crippen molar-refractivity contribution in [1.29, 1.82) is 0 Å². The third kappa shape index (κ3) is 4.00. The Hall–Kier alpha value is -1.49. The summed E-state index contributed by atoms with van der Waals surface area (Å²) in [5.41, 5.74) is 0.147. The number of benzene rings is 1. The highest BCUT2D eigenvalue weighted by Crippen LogP contribution is 2.29. The molecular formula is C15H19F2NO2. The number of hydrogen-bond acceptors (Lipinski definition) is 2. The molecule has 0 spiro atoms. The topological polar surface area (TPSA) is 49.3 Å². The molecule has 20 heavy (non-hydrogen) atoms. The Labute approximate surface area is 117 Å². The number of anilines is 1. The molecular weight excluding hydrogens is 264 g/mol. The van der Waals surface area contributed by atoms with Gasteiger partial charge in [-0.25, -0.2) is 8.78 Å². The average Bonchev–Trinajstić information content (AvgIpc) is 2.93. The van der Waals surface area contributed by atoms with Crippen LogP contribution in [0.5, 0.6) is 0 Å². The highest BCUT2D eigenvalue weighted by Gasteiger charge is 2.20. The minimum atomic E-state index is -1.11. The molecule has 1 aliphatic carbocycles. The summed E-state index contributed by atoms with van der Waals surface area (Å²) < 4.78 is 25.7. The highest BCUT2D eigenvalue weighted by atomic mass is 19.2. The number of carbonyl (C=O) groups excluding carboxylic acids is 1. The summed E-state index contributed by atoms with van der Waals surface area (Å²) >= 11 is 0. The van der Waals surface area contributed by atoms with Crippen LogP contribution in [0, 0.1) is 17.6 Å². The Bertz CT molecular complexity index is 473. The van der Waals surface area contributed by atoms with Gasteiger partial charge in [-0.15, -0.1) is 0 Å². The molecule has 2 rings (SSSR count). The second-order valence-corrected chi connectivity index (χ2v) is 5.36. The van der Waals surface area contributed by atoms with Gasteiger partial charge in [0.15, 0.2) is 11.6 Å². The second kappa shape index (κ2) is 6.79. The molecule has 1 aromatic rings. The molecule has 0 aromatic heterocycles. The maximum atomic E-state index is 13.0. The Morgan fingerprint density at radius 3 is 2.65 bits per heavy atom. The average molecular weight is 283 g/mol. The molecule has 1 saturated carbocycles. The predicted octanol–water partition coefficient (Wildman–Crippen LogP) is 3.23.